The van der Waals surface area contributed by atoms with Crippen LogP contribution in [0.2, 0.25) is 5.02 Å². The van der Waals surface area contributed by atoms with Crippen LogP contribution in [0.5, 0.6) is 0 Å². The van der Waals surface area contributed by atoms with Gasteiger partial charge in [-0.25, -0.2) is 8.42 Å². The highest BCUT2D eigenvalue weighted by molar-refractivity contribution is 7.89. The van der Waals surface area contributed by atoms with Gasteiger partial charge in [0.1, 0.15) is 0 Å². The molecule has 0 saturated heterocycles. The average molecular weight is 407 g/mol. The number of carbonyl (C=O) groups is 1. The summed E-state index contributed by atoms with van der Waals surface area (Å²) in [7, 11) is -3.47. The van der Waals surface area contributed by atoms with E-state index in [1.807, 2.05) is 18.2 Å². The predicted molar refractivity (Wildman–Crippen MR) is 109 cm³/mol. The number of carbonyl (C=O) groups excluding carboxylic acids is 1. The van der Waals surface area contributed by atoms with Gasteiger partial charge < -0.3 is 5.32 Å². The van der Waals surface area contributed by atoms with Crippen molar-refractivity contribution in [3.63, 3.8) is 0 Å². The van der Waals surface area contributed by atoms with Crippen LogP contribution in [-0.2, 0) is 21.4 Å². The second-order valence-electron chi connectivity index (χ2n) is 5.81. The first-order valence-electron chi connectivity index (χ1n) is 8.68. The summed E-state index contributed by atoms with van der Waals surface area (Å²) in [6.45, 7) is 4.77. The zero-order valence-electron chi connectivity index (χ0n) is 15.4. The second kappa shape index (κ2) is 9.69. The minimum absolute atomic E-state index is 0.250. The van der Waals surface area contributed by atoms with Crippen molar-refractivity contribution in [2.75, 3.05) is 13.1 Å². The highest BCUT2D eigenvalue weighted by Crippen LogP contribution is 2.17. The maximum atomic E-state index is 12.5. The molecule has 0 aliphatic carbocycles. The van der Waals surface area contributed by atoms with E-state index >= 15 is 0 Å². The summed E-state index contributed by atoms with van der Waals surface area (Å²) in [5.41, 5.74) is 1.58. The van der Waals surface area contributed by atoms with Gasteiger partial charge in [0.25, 0.3) is 0 Å². The maximum Gasteiger partial charge on any atom is 0.244 e. The van der Waals surface area contributed by atoms with Crippen LogP contribution >= 0.6 is 11.6 Å². The summed E-state index contributed by atoms with van der Waals surface area (Å²) in [5, 5.41) is 3.34. The molecular weight excluding hydrogens is 384 g/mol. The van der Waals surface area contributed by atoms with Gasteiger partial charge in [0.15, 0.2) is 0 Å². The quantitative estimate of drug-likeness (QED) is 0.679. The van der Waals surface area contributed by atoms with E-state index in [2.05, 4.69) is 5.32 Å². The lowest BCUT2D eigenvalue weighted by molar-refractivity contribution is -0.116. The Morgan fingerprint density at radius 3 is 2.30 bits per heavy atom. The molecule has 1 amide bonds. The van der Waals surface area contributed by atoms with E-state index in [1.54, 1.807) is 50.3 Å². The van der Waals surface area contributed by atoms with Gasteiger partial charge in [-0.1, -0.05) is 55.8 Å². The molecule has 0 heterocycles. The van der Waals surface area contributed by atoms with Crippen molar-refractivity contribution in [1.29, 1.82) is 0 Å². The third kappa shape index (κ3) is 5.66. The highest BCUT2D eigenvalue weighted by Gasteiger charge is 2.21. The zero-order valence-corrected chi connectivity index (χ0v) is 16.9. The Hall–Kier alpha value is -2.15. The van der Waals surface area contributed by atoms with Gasteiger partial charge in [-0.05, 0) is 35.4 Å². The SMILES string of the molecule is CCN(CC)S(=O)(=O)c1ccc(CNC(=O)/C=C/c2ccccc2Cl)cc1. The lowest BCUT2D eigenvalue weighted by Crippen LogP contribution is -2.30. The van der Waals surface area contributed by atoms with Crippen LogP contribution in [0, 0.1) is 0 Å². The Bertz CT molecular complexity index is 905. The molecule has 0 atom stereocenters. The Labute approximate surface area is 165 Å². The molecule has 5 nitrogen and oxygen atoms in total. The van der Waals surface area contributed by atoms with Crippen molar-refractivity contribution < 1.29 is 13.2 Å². The molecule has 0 fully saturated rings. The van der Waals surface area contributed by atoms with Crippen molar-refractivity contribution in [2.45, 2.75) is 25.3 Å². The number of nitrogens with zero attached hydrogens (tertiary/aromatic N) is 1. The molecule has 27 heavy (non-hydrogen) atoms. The van der Waals surface area contributed by atoms with E-state index in [0.717, 1.165) is 11.1 Å². The fourth-order valence-corrected chi connectivity index (χ4v) is 4.17. The standard InChI is InChI=1S/C20H23ClN2O3S/c1-3-23(4-2)27(25,26)18-12-9-16(10-13-18)15-22-20(24)14-11-17-7-5-6-8-19(17)21/h5-14H,3-4,15H2,1-2H3,(H,22,24)/b14-11+. The molecule has 0 bridgehead atoms. The Morgan fingerprint density at radius 1 is 1.07 bits per heavy atom. The molecule has 2 aromatic carbocycles. The van der Waals surface area contributed by atoms with Crippen LogP contribution in [-0.4, -0.2) is 31.7 Å². The van der Waals surface area contributed by atoms with Crippen molar-refractivity contribution in [3.05, 3.63) is 70.8 Å². The van der Waals surface area contributed by atoms with Crippen molar-refractivity contribution in [1.82, 2.24) is 9.62 Å². The Morgan fingerprint density at radius 2 is 1.70 bits per heavy atom. The van der Waals surface area contributed by atoms with E-state index in [0.29, 0.717) is 24.7 Å². The molecule has 0 aliphatic rings. The number of hydrogen-bond acceptors (Lipinski definition) is 3. The summed E-state index contributed by atoms with van der Waals surface area (Å²) in [4.78, 5) is 12.2. The summed E-state index contributed by atoms with van der Waals surface area (Å²) in [6.07, 6.45) is 3.07. The molecule has 0 spiro atoms. The van der Waals surface area contributed by atoms with Crippen LogP contribution in [0.3, 0.4) is 0 Å². The lowest BCUT2D eigenvalue weighted by atomic mass is 10.2. The molecule has 1 N–H and O–H groups in total. The van der Waals surface area contributed by atoms with Gasteiger partial charge in [0, 0.05) is 30.7 Å². The van der Waals surface area contributed by atoms with Crippen LogP contribution in [0.25, 0.3) is 6.08 Å². The number of sulfonamides is 1. The minimum atomic E-state index is -3.47. The van der Waals surface area contributed by atoms with E-state index in [9.17, 15) is 13.2 Å². The first kappa shape index (κ1) is 21.2. The lowest BCUT2D eigenvalue weighted by Gasteiger charge is -2.18. The van der Waals surface area contributed by atoms with Gasteiger partial charge in [-0.3, -0.25) is 4.79 Å². The van der Waals surface area contributed by atoms with Crippen molar-refractivity contribution in [3.8, 4) is 0 Å². The largest absolute Gasteiger partial charge is 0.348 e. The van der Waals surface area contributed by atoms with E-state index < -0.39 is 10.0 Å². The fraction of sp³-hybridized carbons (Fsp3) is 0.250. The molecule has 0 aliphatic heterocycles. The fourth-order valence-electron chi connectivity index (χ4n) is 2.52. The summed E-state index contributed by atoms with van der Waals surface area (Å²) < 4.78 is 26.3. The zero-order chi connectivity index (χ0) is 19.9. The Balaban J connectivity index is 1.97. The Kier molecular flexibility index (Phi) is 7.59. The number of amides is 1. The van der Waals surface area contributed by atoms with Gasteiger partial charge in [0.2, 0.25) is 15.9 Å². The van der Waals surface area contributed by atoms with E-state index in [1.165, 1.54) is 10.4 Å². The van der Waals surface area contributed by atoms with Gasteiger partial charge in [0.05, 0.1) is 4.90 Å². The topological polar surface area (TPSA) is 66.5 Å². The molecule has 2 rings (SSSR count). The van der Waals surface area contributed by atoms with Gasteiger partial charge >= 0.3 is 0 Å². The van der Waals surface area contributed by atoms with Crippen molar-refractivity contribution >= 4 is 33.6 Å². The van der Waals surface area contributed by atoms with Crippen LogP contribution in [0.15, 0.2) is 59.5 Å². The summed E-state index contributed by atoms with van der Waals surface area (Å²) in [6, 6.07) is 13.8. The molecular formula is C20H23ClN2O3S. The van der Waals surface area contributed by atoms with Gasteiger partial charge in [-0.15, -0.1) is 0 Å². The maximum absolute atomic E-state index is 12.5. The second-order valence-corrected chi connectivity index (χ2v) is 8.15. The number of halogens is 1. The first-order valence-corrected chi connectivity index (χ1v) is 10.5. The molecule has 0 radical (unpaired) electrons. The number of benzene rings is 2. The van der Waals surface area contributed by atoms with Crippen LogP contribution in [0.1, 0.15) is 25.0 Å². The predicted octanol–water partition coefficient (Wildman–Crippen LogP) is 3.70. The van der Waals surface area contributed by atoms with E-state index in [4.69, 9.17) is 11.6 Å². The number of hydrogen-bond donors (Lipinski definition) is 1. The third-order valence-corrected chi connectivity index (χ3v) is 6.46. The molecule has 7 heteroatoms. The minimum Gasteiger partial charge on any atom is -0.348 e. The van der Waals surface area contributed by atoms with Gasteiger partial charge in [-0.2, -0.15) is 4.31 Å². The third-order valence-electron chi connectivity index (χ3n) is 4.05. The molecule has 144 valence electrons. The molecule has 0 aromatic heterocycles. The number of nitrogens with one attached hydrogen (secondary N) is 1. The smallest absolute Gasteiger partial charge is 0.244 e. The summed E-state index contributed by atoms with van der Waals surface area (Å²) in [5.74, 6) is -0.255. The highest BCUT2D eigenvalue weighted by atomic mass is 35.5. The van der Waals surface area contributed by atoms with E-state index in [-0.39, 0.29) is 10.8 Å². The average Bonchev–Trinajstić information content (AvgIpc) is 2.67. The first-order chi connectivity index (χ1) is 12.9. The molecule has 0 unspecified atom stereocenters. The summed E-state index contributed by atoms with van der Waals surface area (Å²) >= 11 is 6.04. The monoisotopic (exact) mass is 406 g/mol. The number of rotatable bonds is 8. The van der Waals surface area contributed by atoms with Crippen LogP contribution < -0.4 is 5.32 Å². The molecule has 0 saturated carbocycles. The molecule has 2 aromatic rings. The normalized spacial score (nSPS) is 11.9. The van der Waals surface area contributed by atoms with Crippen molar-refractivity contribution in [2.24, 2.45) is 0 Å². The van der Waals surface area contributed by atoms with Crippen LogP contribution in [0.4, 0.5) is 0 Å².